The summed E-state index contributed by atoms with van der Waals surface area (Å²) in [5.41, 5.74) is 0.371. The molecule has 0 spiro atoms. The van der Waals surface area contributed by atoms with Gasteiger partial charge in [-0.15, -0.1) is 0 Å². The van der Waals surface area contributed by atoms with Crippen molar-refractivity contribution in [1.29, 1.82) is 0 Å². The molecule has 35 heavy (non-hydrogen) atoms. The zero-order valence-electron chi connectivity index (χ0n) is 20.0. The number of carbonyl (C=O) groups excluding carboxylic acids is 5. The lowest BCUT2D eigenvalue weighted by atomic mass is 9.85. The van der Waals surface area contributed by atoms with E-state index in [1.165, 1.54) is 31.3 Å². The minimum atomic E-state index is -1.11. The molecule has 0 radical (unpaired) electrons. The predicted octanol–water partition coefficient (Wildman–Crippen LogP) is 2.13. The maximum Gasteiger partial charge on any atom is 0.329 e. The molecular formula is C25H30FN3O6. The highest BCUT2D eigenvalue weighted by atomic mass is 19.1. The van der Waals surface area contributed by atoms with Gasteiger partial charge in [0, 0.05) is 12.7 Å². The van der Waals surface area contributed by atoms with Crippen LogP contribution in [0.2, 0.25) is 0 Å². The molecule has 0 bridgehead atoms. The van der Waals surface area contributed by atoms with Crippen molar-refractivity contribution in [1.82, 2.24) is 9.80 Å². The van der Waals surface area contributed by atoms with E-state index in [4.69, 9.17) is 4.74 Å². The fraction of sp³-hybridized carbons (Fsp3) is 0.480. The number of carbonyl (C=O) groups is 5. The zero-order valence-corrected chi connectivity index (χ0v) is 20.0. The van der Waals surface area contributed by atoms with Gasteiger partial charge in [0.1, 0.15) is 11.9 Å². The van der Waals surface area contributed by atoms with Crippen LogP contribution in [0.25, 0.3) is 0 Å². The predicted molar refractivity (Wildman–Crippen MR) is 124 cm³/mol. The molecule has 1 aliphatic heterocycles. The van der Waals surface area contributed by atoms with Gasteiger partial charge in [-0.25, -0.2) is 9.18 Å². The number of likely N-dealkylation sites (N-methyl/N-ethyl adjacent to an activating group) is 1. The number of nitrogens with one attached hydrogen (secondary N) is 1. The normalized spacial score (nSPS) is 20.0. The number of hydrogen-bond donors (Lipinski definition) is 1. The summed E-state index contributed by atoms with van der Waals surface area (Å²) in [4.78, 5) is 65.5. The highest BCUT2D eigenvalue weighted by molar-refractivity contribution is 6.08. The summed E-state index contributed by atoms with van der Waals surface area (Å²) >= 11 is 0. The Morgan fingerprint density at radius 3 is 2.20 bits per heavy atom. The molecule has 1 heterocycles. The molecule has 9 nitrogen and oxygen atoms in total. The van der Waals surface area contributed by atoms with Gasteiger partial charge >= 0.3 is 5.97 Å². The molecule has 1 N–H and O–H groups in total. The van der Waals surface area contributed by atoms with Gasteiger partial charge in [0.25, 0.3) is 5.91 Å². The summed E-state index contributed by atoms with van der Waals surface area (Å²) < 4.78 is 18.2. The van der Waals surface area contributed by atoms with Crippen molar-refractivity contribution >= 4 is 35.3 Å². The monoisotopic (exact) mass is 487 g/mol. The molecule has 3 atom stereocenters. The average molecular weight is 488 g/mol. The third kappa shape index (κ3) is 6.32. The number of imide groups is 1. The summed E-state index contributed by atoms with van der Waals surface area (Å²) in [6, 6.07) is 4.05. The van der Waals surface area contributed by atoms with E-state index in [0.29, 0.717) is 18.5 Å². The van der Waals surface area contributed by atoms with Crippen molar-refractivity contribution in [2.45, 2.75) is 39.2 Å². The lowest BCUT2D eigenvalue weighted by Gasteiger charge is -2.26. The summed E-state index contributed by atoms with van der Waals surface area (Å²) in [6.45, 7) is 2.76. The van der Waals surface area contributed by atoms with Gasteiger partial charge in [-0.1, -0.05) is 26.0 Å². The number of rotatable bonds is 9. The Labute approximate surface area is 203 Å². The van der Waals surface area contributed by atoms with Crippen molar-refractivity contribution in [3.63, 3.8) is 0 Å². The number of hydrogen-bond acceptors (Lipinski definition) is 6. The van der Waals surface area contributed by atoms with Crippen molar-refractivity contribution in [3.05, 3.63) is 42.2 Å². The van der Waals surface area contributed by atoms with Gasteiger partial charge in [0.05, 0.1) is 18.4 Å². The van der Waals surface area contributed by atoms with Crippen molar-refractivity contribution in [2.24, 2.45) is 17.8 Å². The zero-order chi connectivity index (χ0) is 25.7. The first kappa shape index (κ1) is 26.1. The van der Waals surface area contributed by atoms with Crippen LogP contribution in [0.4, 0.5) is 10.1 Å². The highest BCUT2D eigenvalue weighted by Gasteiger charge is 2.51. The van der Waals surface area contributed by atoms with Gasteiger partial charge in [0.15, 0.2) is 6.61 Å². The second-order valence-electron chi connectivity index (χ2n) is 9.26. The van der Waals surface area contributed by atoms with Crippen LogP contribution in [-0.2, 0) is 28.7 Å². The molecule has 3 rings (SSSR count). The maximum absolute atomic E-state index is 13.0. The van der Waals surface area contributed by atoms with Gasteiger partial charge in [-0.3, -0.25) is 24.1 Å². The smallest absolute Gasteiger partial charge is 0.329 e. The number of esters is 1. The molecule has 188 valence electrons. The first-order valence-corrected chi connectivity index (χ1v) is 11.6. The molecule has 1 fully saturated rings. The van der Waals surface area contributed by atoms with E-state index in [9.17, 15) is 28.4 Å². The Hall–Kier alpha value is -3.56. The van der Waals surface area contributed by atoms with Gasteiger partial charge in [-0.05, 0) is 49.4 Å². The van der Waals surface area contributed by atoms with E-state index in [0.717, 1.165) is 9.80 Å². The maximum atomic E-state index is 13.0. The number of nitrogens with zero attached hydrogens (tertiary/aromatic N) is 2. The molecule has 2 aliphatic rings. The molecule has 3 unspecified atom stereocenters. The first-order valence-electron chi connectivity index (χ1n) is 11.6. The van der Waals surface area contributed by atoms with Crippen LogP contribution < -0.4 is 5.32 Å². The molecule has 10 heteroatoms. The SMILES string of the molecule is CC(C)CC(C(=O)OCC(=O)N(C)CC(=O)Nc1ccc(F)cc1)N1C(=O)C2CC=CCC2C1=O. The number of amides is 4. The van der Waals surface area contributed by atoms with Crippen LogP contribution in [0.3, 0.4) is 0 Å². The molecule has 1 aliphatic carbocycles. The summed E-state index contributed by atoms with van der Waals surface area (Å²) in [6.07, 6.45) is 4.86. The van der Waals surface area contributed by atoms with Gasteiger partial charge in [-0.2, -0.15) is 0 Å². The van der Waals surface area contributed by atoms with Crippen LogP contribution in [0.5, 0.6) is 0 Å². The first-order chi connectivity index (χ1) is 16.6. The molecule has 1 aromatic rings. The summed E-state index contributed by atoms with van der Waals surface area (Å²) in [5, 5.41) is 2.54. The van der Waals surface area contributed by atoms with Crippen molar-refractivity contribution in [3.8, 4) is 0 Å². The molecule has 0 saturated carbocycles. The van der Waals surface area contributed by atoms with Crippen LogP contribution in [0, 0.1) is 23.6 Å². The molecular weight excluding hydrogens is 457 g/mol. The van der Waals surface area contributed by atoms with Crippen LogP contribution in [-0.4, -0.2) is 65.6 Å². The number of anilines is 1. The molecule has 1 saturated heterocycles. The third-order valence-corrected chi connectivity index (χ3v) is 6.09. The third-order valence-electron chi connectivity index (χ3n) is 6.09. The van der Waals surface area contributed by atoms with Gasteiger partial charge in [0.2, 0.25) is 17.7 Å². The molecule has 4 amide bonds. The number of allylic oxidation sites excluding steroid dienone is 2. The standard InChI is InChI=1S/C25H30FN3O6/c1-15(2)12-20(29-23(32)18-6-4-5-7-19(18)24(29)33)25(34)35-14-22(31)28(3)13-21(30)27-17-10-8-16(26)9-11-17/h4-5,8-11,15,18-20H,6-7,12-14H2,1-3H3,(H,27,30). The summed E-state index contributed by atoms with van der Waals surface area (Å²) in [7, 11) is 1.37. The second kappa shape index (κ2) is 11.2. The minimum absolute atomic E-state index is 0.0116. The van der Waals surface area contributed by atoms with Crippen LogP contribution in [0.1, 0.15) is 33.1 Å². The number of fused-ring (bicyclic) bond motifs is 1. The Morgan fingerprint density at radius 1 is 1.09 bits per heavy atom. The largest absolute Gasteiger partial charge is 0.454 e. The number of likely N-dealkylation sites (tertiary alicyclic amines) is 1. The highest BCUT2D eigenvalue weighted by Crippen LogP contribution is 2.37. The van der Waals surface area contributed by atoms with E-state index in [1.807, 2.05) is 26.0 Å². The van der Waals surface area contributed by atoms with E-state index in [-0.39, 0.29) is 30.7 Å². The Balaban J connectivity index is 1.57. The van der Waals surface area contributed by atoms with E-state index >= 15 is 0 Å². The van der Waals surface area contributed by atoms with Crippen molar-refractivity contribution in [2.75, 3.05) is 25.5 Å². The Kier molecular flexibility index (Phi) is 8.37. The molecule has 0 aromatic heterocycles. The second-order valence-corrected chi connectivity index (χ2v) is 9.26. The Morgan fingerprint density at radius 2 is 1.66 bits per heavy atom. The van der Waals surface area contributed by atoms with Crippen LogP contribution >= 0.6 is 0 Å². The topological polar surface area (TPSA) is 113 Å². The van der Waals surface area contributed by atoms with Crippen molar-refractivity contribution < 1.29 is 33.1 Å². The van der Waals surface area contributed by atoms with Gasteiger partial charge < -0.3 is 15.0 Å². The fourth-order valence-corrected chi connectivity index (χ4v) is 4.26. The summed E-state index contributed by atoms with van der Waals surface area (Å²) in [5.74, 6) is -4.13. The number of ether oxygens (including phenoxy) is 1. The lowest BCUT2D eigenvalue weighted by molar-refractivity contribution is -0.162. The molecule has 1 aromatic carbocycles. The lowest BCUT2D eigenvalue weighted by Crippen LogP contribution is -2.48. The minimum Gasteiger partial charge on any atom is -0.454 e. The van der Waals surface area contributed by atoms with Crippen LogP contribution in [0.15, 0.2) is 36.4 Å². The number of halogens is 1. The van der Waals surface area contributed by atoms with E-state index in [2.05, 4.69) is 5.32 Å². The fourth-order valence-electron chi connectivity index (χ4n) is 4.26. The quantitative estimate of drug-likeness (QED) is 0.324. The average Bonchev–Trinajstić information content (AvgIpc) is 3.07. The van der Waals surface area contributed by atoms with E-state index in [1.54, 1.807) is 0 Å². The number of benzene rings is 1. The van der Waals surface area contributed by atoms with E-state index < -0.39 is 48.1 Å². The Bertz CT molecular complexity index is 997.